The maximum atomic E-state index is 15.5. The van der Waals surface area contributed by atoms with Gasteiger partial charge in [0.25, 0.3) is 0 Å². The van der Waals surface area contributed by atoms with Gasteiger partial charge in [-0.2, -0.15) is 48.3 Å². The first kappa shape index (κ1) is 30.8. The van der Waals surface area contributed by atoms with Gasteiger partial charge in [-0.25, -0.2) is 0 Å². The van der Waals surface area contributed by atoms with Crippen molar-refractivity contribution in [3.8, 4) is 0 Å². The van der Waals surface area contributed by atoms with Crippen molar-refractivity contribution >= 4 is 5.97 Å². The SMILES string of the molecule is CCC1(OC(=O)C(C)(CC)C(F)(F)F)CC(C2CCCCC2)(C(F)(F)F)OC(O)(C(F)(F)F)C1(F)F. The zero-order chi connectivity index (χ0) is 28.2. The molecule has 0 aromatic heterocycles. The first-order valence-corrected chi connectivity index (χ1v) is 11.3. The van der Waals surface area contributed by atoms with Crippen LogP contribution in [0.1, 0.15) is 72.1 Å². The minimum Gasteiger partial charge on any atom is -0.452 e. The molecule has 0 amide bonds. The number of aliphatic hydroxyl groups is 1. The van der Waals surface area contributed by atoms with E-state index in [4.69, 9.17) is 0 Å². The molecule has 0 aromatic rings. The molecule has 2 fully saturated rings. The van der Waals surface area contributed by atoms with E-state index in [2.05, 4.69) is 9.47 Å². The van der Waals surface area contributed by atoms with Gasteiger partial charge in [-0.3, -0.25) is 4.79 Å². The molecular formula is C21H27F11O4. The second-order valence-corrected chi connectivity index (χ2v) is 9.64. The minimum absolute atomic E-state index is 0.0631. The van der Waals surface area contributed by atoms with Gasteiger partial charge in [0.05, 0.1) is 0 Å². The number of carbonyl (C=O) groups is 1. The van der Waals surface area contributed by atoms with Gasteiger partial charge in [-0.1, -0.05) is 33.1 Å². The number of halogens is 11. The highest BCUT2D eigenvalue weighted by Crippen LogP contribution is 2.64. The zero-order valence-electron chi connectivity index (χ0n) is 19.6. The van der Waals surface area contributed by atoms with E-state index in [-0.39, 0.29) is 19.8 Å². The Kier molecular flexibility index (Phi) is 7.82. The number of rotatable bonds is 5. The number of hydrogen-bond donors (Lipinski definition) is 1. The third-order valence-corrected chi connectivity index (χ3v) is 7.65. The van der Waals surface area contributed by atoms with Gasteiger partial charge >= 0.3 is 36.2 Å². The fraction of sp³-hybridized carbons (Fsp3) is 0.952. The lowest BCUT2D eigenvalue weighted by atomic mass is 9.65. The van der Waals surface area contributed by atoms with E-state index in [1.165, 1.54) is 0 Å². The first-order chi connectivity index (χ1) is 16.0. The number of esters is 1. The van der Waals surface area contributed by atoms with Crippen LogP contribution in [-0.2, 0) is 14.3 Å². The van der Waals surface area contributed by atoms with Gasteiger partial charge < -0.3 is 14.6 Å². The van der Waals surface area contributed by atoms with Crippen LogP contribution in [-0.4, -0.2) is 52.5 Å². The molecule has 1 heterocycles. The number of ether oxygens (including phenoxy) is 2. The second-order valence-electron chi connectivity index (χ2n) is 9.64. The fourth-order valence-corrected chi connectivity index (χ4v) is 4.90. The summed E-state index contributed by atoms with van der Waals surface area (Å²) in [5.74, 6) is -16.0. The van der Waals surface area contributed by atoms with E-state index in [1.54, 1.807) is 0 Å². The van der Waals surface area contributed by atoms with Crippen LogP contribution in [0.25, 0.3) is 0 Å². The third-order valence-electron chi connectivity index (χ3n) is 7.65. The van der Waals surface area contributed by atoms with Crippen molar-refractivity contribution in [2.24, 2.45) is 11.3 Å². The van der Waals surface area contributed by atoms with E-state index in [0.29, 0.717) is 13.3 Å². The summed E-state index contributed by atoms with van der Waals surface area (Å²) in [5.41, 5.74) is -11.8. The summed E-state index contributed by atoms with van der Waals surface area (Å²) in [5, 5.41) is 10.2. The topological polar surface area (TPSA) is 55.8 Å². The van der Waals surface area contributed by atoms with E-state index in [0.717, 1.165) is 6.92 Å². The highest BCUT2D eigenvalue weighted by Gasteiger charge is 2.87. The first-order valence-electron chi connectivity index (χ1n) is 11.3. The summed E-state index contributed by atoms with van der Waals surface area (Å²) >= 11 is 0. The Morgan fingerprint density at radius 3 is 1.81 bits per heavy atom. The van der Waals surface area contributed by atoms with Crippen molar-refractivity contribution < 1.29 is 67.7 Å². The average molecular weight is 552 g/mol. The molecule has 1 aliphatic carbocycles. The zero-order valence-corrected chi connectivity index (χ0v) is 19.6. The molecule has 0 radical (unpaired) electrons. The number of alkyl halides is 11. The molecule has 4 nitrogen and oxygen atoms in total. The predicted molar refractivity (Wildman–Crippen MR) is 101 cm³/mol. The molecule has 2 aliphatic rings. The summed E-state index contributed by atoms with van der Waals surface area (Å²) in [6, 6.07) is 0. The van der Waals surface area contributed by atoms with E-state index in [9.17, 15) is 49.4 Å². The van der Waals surface area contributed by atoms with E-state index in [1.807, 2.05) is 0 Å². The largest absolute Gasteiger partial charge is 0.452 e. The molecule has 0 bridgehead atoms. The lowest BCUT2D eigenvalue weighted by molar-refractivity contribution is -0.525. The fourth-order valence-electron chi connectivity index (χ4n) is 4.90. The van der Waals surface area contributed by atoms with Gasteiger partial charge in [-0.15, -0.1) is 0 Å². The van der Waals surface area contributed by atoms with Crippen LogP contribution in [0.4, 0.5) is 48.3 Å². The normalized spacial score (nSPS) is 34.2. The van der Waals surface area contributed by atoms with Crippen molar-refractivity contribution in [2.45, 2.75) is 114 Å². The lowest BCUT2D eigenvalue weighted by Gasteiger charge is -2.59. The molecule has 4 unspecified atom stereocenters. The van der Waals surface area contributed by atoms with Gasteiger partial charge in [0.1, 0.15) is 0 Å². The van der Waals surface area contributed by atoms with Crippen molar-refractivity contribution in [2.75, 3.05) is 0 Å². The Labute approximate surface area is 199 Å². The van der Waals surface area contributed by atoms with Gasteiger partial charge in [0, 0.05) is 6.42 Å². The second kappa shape index (κ2) is 9.12. The van der Waals surface area contributed by atoms with Crippen molar-refractivity contribution in [1.29, 1.82) is 0 Å². The van der Waals surface area contributed by atoms with Crippen LogP contribution >= 0.6 is 0 Å². The standard InChI is InChI=1S/C21H27F11O4/c1-4-14(3,19(24,25)26)13(33)35-15(5-2)11-16(20(27,28)29,12-9-7-6-8-10-12)36-18(34,17(15,22)23)21(30,31)32/h12,34H,4-11H2,1-3H3. The molecule has 0 aromatic carbocycles. The van der Waals surface area contributed by atoms with Crippen LogP contribution in [0.5, 0.6) is 0 Å². The summed E-state index contributed by atoms with van der Waals surface area (Å²) < 4.78 is 165. The van der Waals surface area contributed by atoms with Crippen molar-refractivity contribution in [3.05, 3.63) is 0 Å². The predicted octanol–water partition coefficient (Wildman–Crippen LogP) is 6.84. The van der Waals surface area contributed by atoms with Crippen LogP contribution in [0.15, 0.2) is 0 Å². The Balaban J connectivity index is 2.85. The Hall–Kier alpha value is -1.38. The molecule has 1 N–H and O–H groups in total. The monoisotopic (exact) mass is 552 g/mol. The lowest BCUT2D eigenvalue weighted by Crippen LogP contribution is -2.80. The highest BCUT2D eigenvalue weighted by atomic mass is 19.4. The average Bonchev–Trinajstić information content (AvgIpc) is 2.74. The van der Waals surface area contributed by atoms with Crippen molar-refractivity contribution in [1.82, 2.24) is 0 Å². The minimum atomic E-state index is -6.56. The quantitative estimate of drug-likeness (QED) is 0.300. The van der Waals surface area contributed by atoms with Crippen LogP contribution < -0.4 is 0 Å². The van der Waals surface area contributed by atoms with Crippen LogP contribution in [0.3, 0.4) is 0 Å². The Morgan fingerprint density at radius 1 is 0.944 bits per heavy atom. The van der Waals surface area contributed by atoms with E-state index < -0.39 is 90.8 Å². The van der Waals surface area contributed by atoms with Gasteiger partial charge in [0.2, 0.25) is 0 Å². The summed E-state index contributed by atoms with van der Waals surface area (Å²) in [4.78, 5) is 12.6. The Morgan fingerprint density at radius 2 is 1.44 bits per heavy atom. The maximum absolute atomic E-state index is 15.5. The third kappa shape index (κ3) is 4.35. The molecule has 36 heavy (non-hydrogen) atoms. The molecule has 15 heteroatoms. The molecule has 2 rings (SSSR count). The molecule has 0 spiro atoms. The van der Waals surface area contributed by atoms with Gasteiger partial charge in [0.15, 0.2) is 16.6 Å². The summed E-state index contributed by atoms with van der Waals surface area (Å²) in [7, 11) is 0. The maximum Gasteiger partial charge on any atom is 0.449 e. The van der Waals surface area contributed by atoms with Crippen LogP contribution in [0, 0.1) is 11.3 Å². The summed E-state index contributed by atoms with van der Waals surface area (Å²) in [6.07, 6.45) is -22.9. The number of hydrogen-bond acceptors (Lipinski definition) is 4. The molecule has 1 saturated carbocycles. The molecular weight excluding hydrogens is 525 g/mol. The molecule has 1 saturated heterocycles. The van der Waals surface area contributed by atoms with E-state index >= 15 is 8.78 Å². The molecule has 1 aliphatic heterocycles. The highest BCUT2D eigenvalue weighted by molar-refractivity contribution is 5.78. The van der Waals surface area contributed by atoms with Crippen LogP contribution in [0.2, 0.25) is 0 Å². The molecule has 212 valence electrons. The Bertz CT molecular complexity index is 818. The smallest absolute Gasteiger partial charge is 0.449 e. The van der Waals surface area contributed by atoms with Crippen molar-refractivity contribution in [3.63, 3.8) is 0 Å². The summed E-state index contributed by atoms with van der Waals surface area (Å²) in [6.45, 7) is 1.66. The molecule has 4 atom stereocenters. The van der Waals surface area contributed by atoms with Gasteiger partial charge in [-0.05, 0) is 38.5 Å². The number of carbonyl (C=O) groups excluding carboxylic acids is 1.